The highest BCUT2D eigenvalue weighted by molar-refractivity contribution is 5.70. The molecule has 98 valence electrons. The molecule has 0 heterocycles. The third-order valence-corrected chi connectivity index (χ3v) is 4.24. The quantitative estimate of drug-likeness (QED) is 0.832. The number of nitrogens with two attached hydrogens (primary N) is 1. The number of benzene rings is 1. The lowest BCUT2D eigenvalue weighted by Gasteiger charge is -2.40. The average molecular weight is 247 g/mol. The summed E-state index contributed by atoms with van der Waals surface area (Å²) in [6.07, 6.45) is 3.23. The van der Waals surface area contributed by atoms with E-state index >= 15 is 0 Å². The van der Waals surface area contributed by atoms with Crippen molar-refractivity contribution in [3.8, 4) is 0 Å². The second-order valence-corrected chi connectivity index (χ2v) is 5.35. The smallest absolute Gasteiger partial charge is 0.306 e. The van der Waals surface area contributed by atoms with Crippen LogP contribution in [0.4, 0.5) is 0 Å². The topological polar surface area (TPSA) is 52.3 Å². The minimum absolute atomic E-state index is 0.00930. The van der Waals surface area contributed by atoms with Gasteiger partial charge in [0, 0.05) is 6.04 Å². The lowest BCUT2D eigenvalue weighted by atomic mass is 9.66. The molecule has 0 aromatic heterocycles. The van der Waals surface area contributed by atoms with Crippen molar-refractivity contribution in [3.63, 3.8) is 0 Å². The molecule has 2 N–H and O–H groups in total. The van der Waals surface area contributed by atoms with E-state index < -0.39 is 0 Å². The fourth-order valence-corrected chi connectivity index (χ4v) is 2.89. The van der Waals surface area contributed by atoms with Crippen molar-refractivity contribution in [2.45, 2.75) is 38.6 Å². The summed E-state index contributed by atoms with van der Waals surface area (Å²) in [5, 5.41) is 0. The van der Waals surface area contributed by atoms with Crippen molar-refractivity contribution < 1.29 is 9.53 Å². The predicted molar refractivity (Wildman–Crippen MR) is 71.2 cm³/mol. The van der Waals surface area contributed by atoms with Gasteiger partial charge in [0.05, 0.1) is 13.5 Å². The molecule has 3 heteroatoms. The number of methoxy groups -OCH3 is 1. The van der Waals surface area contributed by atoms with Gasteiger partial charge in [0.2, 0.25) is 0 Å². The maximum atomic E-state index is 11.6. The third-order valence-electron chi connectivity index (χ3n) is 4.24. The van der Waals surface area contributed by atoms with E-state index in [9.17, 15) is 4.79 Å². The highest BCUT2D eigenvalue weighted by atomic mass is 16.5. The Bertz CT molecular complexity index is 442. The molecule has 1 aromatic carbocycles. The standard InChI is InChI=1S/C15H21NO2/c1-11(16)15(10-14(17)18-2)8-7-12-5-3-4-6-13(12)9-15/h3-6,11H,7-10,16H2,1-2H3. The molecule has 0 saturated carbocycles. The summed E-state index contributed by atoms with van der Waals surface area (Å²) < 4.78 is 4.82. The largest absolute Gasteiger partial charge is 0.469 e. The molecule has 2 rings (SSSR count). The molecule has 0 bridgehead atoms. The van der Waals surface area contributed by atoms with Gasteiger partial charge in [-0.1, -0.05) is 24.3 Å². The Morgan fingerprint density at radius 2 is 2.11 bits per heavy atom. The maximum absolute atomic E-state index is 11.6. The highest BCUT2D eigenvalue weighted by Gasteiger charge is 2.39. The Morgan fingerprint density at radius 3 is 2.72 bits per heavy atom. The first kappa shape index (κ1) is 13.1. The van der Waals surface area contributed by atoms with Gasteiger partial charge < -0.3 is 10.5 Å². The van der Waals surface area contributed by atoms with Gasteiger partial charge in [-0.3, -0.25) is 4.79 Å². The van der Waals surface area contributed by atoms with E-state index in [0.717, 1.165) is 19.3 Å². The molecule has 0 fully saturated rings. The van der Waals surface area contributed by atoms with Crippen molar-refractivity contribution in [2.75, 3.05) is 7.11 Å². The lowest BCUT2D eigenvalue weighted by Crippen LogP contribution is -2.45. The van der Waals surface area contributed by atoms with Gasteiger partial charge in [-0.15, -0.1) is 0 Å². The normalized spacial score (nSPS) is 24.2. The van der Waals surface area contributed by atoms with Crippen molar-refractivity contribution in [3.05, 3.63) is 35.4 Å². The summed E-state index contributed by atoms with van der Waals surface area (Å²) >= 11 is 0. The highest BCUT2D eigenvalue weighted by Crippen LogP contribution is 2.40. The van der Waals surface area contributed by atoms with E-state index in [0.29, 0.717) is 6.42 Å². The molecular weight excluding hydrogens is 226 g/mol. The van der Waals surface area contributed by atoms with Crippen LogP contribution in [0.15, 0.2) is 24.3 Å². The zero-order valence-electron chi connectivity index (χ0n) is 11.1. The van der Waals surface area contributed by atoms with Crippen LogP contribution in [-0.2, 0) is 22.4 Å². The van der Waals surface area contributed by atoms with Crippen LogP contribution >= 0.6 is 0 Å². The predicted octanol–water partition coefficient (Wildman–Crippen LogP) is 2.07. The molecule has 2 atom stereocenters. The second kappa shape index (κ2) is 5.11. The molecule has 0 amide bonds. The number of fused-ring (bicyclic) bond motifs is 1. The molecule has 1 aliphatic rings. The SMILES string of the molecule is COC(=O)CC1(C(C)N)CCc2ccccc2C1. The van der Waals surface area contributed by atoms with Gasteiger partial charge in [0.25, 0.3) is 0 Å². The van der Waals surface area contributed by atoms with E-state index in [1.807, 2.05) is 13.0 Å². The number of hydrogen-bond donors (Lipinski definition) is 1. The zero-order valence-corrected chi connectivity index (χ0v) is 11.1. The van der Waals surface area contributed by atoms with Crippen LogP contribution in [0.5, 0.6) is 0 Å². The molecule has 2 unspecified atom stereocenters. The summed E-state index contributed by atoms with van der Waals surface area (Å²) in [4.78, 5) is 11.6. The van der Waals surface area contributed by atoms with Gasteiger partial charge in [0.15, 0.2) is 0 Å². The first-order chi connectivity index (χ1) is 8.57. The van der Waals surface area contributed by atoms with Gasteiger partial charge in [-0.2, -0.15) is 0 Å². The van der Waals surface area contributed by atoms with Crippen LogP contribution in [-0.4, -0.2) is 19.1 Å². The van der Waals surface area contributed by atoms with Crippen molar-refractivity contribution in [1.82, 2.24) is 0 Å². The Kier molecular flexibility index (Phi) is 3.71. The van der Waals surface area contributed by atoms with Crippen LogP contribution < -0.4 is 5.73 Å². The van der Waals surface area contributed by atoms with E-state index in [4.69, 9.17) is 10.5 Å². The van der Waals surface area contributed by atoms with E-state index in [2.05, 4.69) is 18.2 Å². The van der Waals surface area contributed by atoms with Crippen LogP contribution in [0.1, 0.15) is 30.9 Å². The van der Waals surface area contributed by atoms with Crippen LogP contribution in [0.2, 0.25) is 0 Å². The molecular formula is C15H21NO2. The maximum Gasteiger partial charge on any atom is 0.306 e. The van der Waals surface area contributed by atoms with E-state index in [1.165, 1.54) is 18.2 Å². The molecule has 3 nitrogen and oxygen atoms in total. The number of hydrogen-bond acceptors (Lipinski definition) is 3. The van der Waals surface area contributed by atoms with Gasteiger partial charge in [0.1, 0.15) is 0 Å². The average Bonchev–Trinajstić information content (AvgIpc) is 2.38. The first-order valence-electron chi connectivity index (χ1n) is 6.46. The molecule has 0 radical (unpaired) electrons. The summed E-state index contributed by atoms with van der Waals surface area (Å²) in [6, 6.07) is 8.42. The molecule has 18 heavy (non-hydrogen) atoms. The minimum atomic E-state index is -0.160. The molecule has 0 spiro atoms. The van der Waals surface area contributed by atoms with E-state index in [-0.39, 0.29) is 17.4 Å². The third kappa shape index (κ3) is 2.41. The second-order valence-electron chi connectivity index (χ2n) is 5.35. The lowest BCUT2D eigenvalue weighted by molar-refractivity contribution is -0.144. The fourth-order valence-electron chi connectivity index (χ4n) is 2.89. The number of rotatable bonds is 3. The molecule has 1 aliphatic carbocycles. The van der Waals surface area contributed by atoms with Gasteiger partial charge >= 0.3 is 5.97 Å². The Morgan fingerprint density at radius 1 is 1.44 bits per heavy atom. The summed E-state index contributed by atoms with van der Waals surface area (Å²) in [7, 11) is 1.44. The number of carbonyl (C=O) groups excluding carboxylic acids is 1. The van der Waals surface area contributed by atoms with Gasteiger partial charge in [-0.25, -0.2) is 0 Å². The monoisotopic (exact) mass is 247 g/mol. The van der Waals surface area contributed by atoms with E-state index in [1.54, 1.807) is 0 Å². The minimum Gasteiger partial charge on any atom is -0.469 e. The van der Waals surface area contributed by atoms with Crippen molar-refractivity contribution in [2.24, 2.45) is 11.1 Å². The molecule has 0 saturated heterocycles. The van der Waals surface area contributed by atoms with Crippen LogP contribution in [0.25, 0.3) is 0 Å². The number of carbonyl (C=O) groups is 1. The Labute approximate surface area is 108 Å². The van der Waals surface area contributed by atoms with Crippen molar-refractivity contribution in [1.29, 1.82) is 0 Å². The van der Waals surface area contributed by atoms with Gasteiger partial charge in [-0.05, 0) is 42.7 Å². The Balaban J connectivity index is 2.27. The number of aryl methyl sites for hydroxylation is 1. The van der Waals surface area contributed by atoms with Crippen molar-refractivity contribution >= 4 is 5.97 Å². The summed E-state index contributed by atoms with van der Waals surface area (Å²) in [5.74, 6) is -0.160. The van der Waals surface area contributed by atoms with Crippen LogP contribution in [0, 0.1) is 5.41 Å². The summed E-state index contributed by atoms with van der Waals surface area (Å²) in [5.41, 5.74) is 8.71. The number of esters is 1. The molecule has 0 aliphatic heterocycles. The summed E-state index contributed by atoms with van der Waals surface area (Å²) in [6.45, 7) is 2.00. The van der Waals surface area contributed by atoms with Crippen LogP contribution in [0.3, 0.4) is 0 Å². The fraction of sp³-hybridized carbons (Fsp3) is 0.533. The Hall–Kier alpha value is -1.35. The zero-order chi connectivity index (χ0) is 13.2. The molecule has 1 aromatic rings. The number of ether oxygens (including phenoxy) is 1. The first-order valence-corrected chi connectivity index (χ1v) is 6.46.